The summed E-state index contributed by atoms with van der Waals surface area (Å²) in [4.78, 5) is 24.9. The first-order valence-corrected chi connectivity index (χ1v) is 10.3. The Kier molecular flexibility index (Phi) is 4.81. The van der Waals surface area contributed by atoms with Crippen molar-refractivity contribution in [1.29, 1.82) is 0 Å². The van der Waals surface area contributed by atoms with Crippen LogP contribution in [0.2, 0.25) is 0 Å². The number of benzene rings is 3. The Labute approximate surface area is 175 Å². The maximum absolute atomic E-state index is 11.9. The van der Waals surface area contributed by atoms with Gasteiger partial charge in [-0.2, -0.15) is 0 Å². The molecule has 3 amide bonds. The monoisotopic (exact) mass is 397 g/mol. The van der Waals surface area contributed by atoms with Crippen LogP contribution in [0.15, 0.2) is 72.8 Å². The topological polar surface area (TPSA) is 61.4 Å². The molecule has 0 saturated carbocycles. The van der Waals surface area contributed by atoms with E-state index in [2.05, 4.69) is 59.2 Å². The zero-order valence-electron chi connectivity index (χ0n) is 16.6. The molecule has 1 heterocycles. The Bertz CT molecular complexity index is 1080. The third kappa shape index (κ3) is 3.72. The zero-order valence-corrected chi connectivity index (χ0v) is 16.6. The number of fused-ring (bicyclic) bond motifs is 1. The summed E-state index contributed by atoms with van der Waals surface area (Å²) >= 11 is 0. The Balaban J connectivity index is 1.24. The van der Waals surface area contributed by atoms with E-state index in [4.69, 9.17) is 0 Å². The summed E-state index contributed by atoms with van der Waals surface area (Å²) in [6, 6.07) is 25.0. The summed E-state index contributed by atoms with van der Waals surface area (Å²) in [5, 5.41) is 5.99. The van der Waals surface area contributed by atoms with Crippen molar-refractivity contribution in [3.63, 3.8) is 0 Å². The van der Waals surface area contributed by atoms with Crippen LogP contribution in [-0.2, 0) is 24.2 Å². The minimum Gasteiger partial charge on any atom is -0.309 e. The van der Waals surface area contributed by atoms with Crippen molar-refractivity contribution < 1.29 is 9.59 Å². The minimum atomic E-state index is -0.368. The second-order valence-electron chi connectivity index (χ2n) is 7.94. The quantitative estimate of drug-likeness (QED) is 0.646. The molecule has 0 aromatic heterocycles. The molecule has 1 aliphatic heterocycles. The molecule has 30 heavy (non-hydrogen) atoms. The van der Waals surface area contributed by atoms with E-state index in [9.17, 15) is 9.59 Å². The second kappa shape index (κ2) is 7.76. The lowest BCUT2D eigenvalue weighted by Gasteiger charge is -2.15. The van der Waals surface area contributed by atoms with Gasteiger partial charge in [0, 0.05) is 18.3 Å². The van der Waals surface area contributed by atoms with Crippen LogP contribution in [-0.4, -0.2) is 24.5 Å². The van der Waals surface area contributed by atoms with Crippen molar-refractivity contribution >= 4 is 17.6 Å². The predicted octanol–water partition coefficient (Wildman–Crippen LogP) is 3.67. The highest BCUT2D eigenvalue weighted by atomic mass is 16.2. The Morgan fingerprint density at radius 1 is 0.867 bits per heavy atom. The summed E-state index contributed by atoms with van der Waals surface area (Å²) in [6.07, 6.45) is 2.18. The number of urea groups is 1. The first-order valence-electron chi connectivity index (χ1n) is 10.3. The van der Waals surface area contributed by atoms with Crippen LogP contribution in [0.3, 0.4) is 0 Å². The van der Waals surface area contributed by atoms with E-state index in [1.165, 1.54) is 21.6 Å². The highest BCUT2D eigenvalue weighted by molar-refractivity contribution is 6.12. The van der Waals surface area contributed by atoms with Crippen molar-refractivity contribution in [2.24, 2.45) is 0 Å². The van der Waals surface area contributed by atoms with E-state index in [-0.39, 0.29) is 18.5 Å². The van der Waals surface area contributed by atoms with Crippen LogP contribution in [0.25, 0.3) is 11.1 Å². The van der Waals surface area contributed by atoms with Crippen molar-refractivity contribution in [3.8, 4) is 11.1 Å². The van der Waals surface area contributed by atoms with Gasteiger partial charge in [-0.3, -0.25) is 15.0 Å². The van der Waals surface area contributed by atoms with E-state index in [1.807, 2.05) is 24.3 Å². The van der Waals surface area contributed by atoms with Crippen LogP contribution in [0, 0.1) is 0 Å². The number of nitrogens with one attached hydrogen (secondary N) is 2. The number of imide groups is 1. The molecular formula is C25H23N3O2. The fraction of sp³-hybridized carbons (Fsp3) is 0.200. The van der Waals surface area contributed by atoms with Gasteiger partial charge in [0.05, 0.1) is 0 Å². The van der Waals surface area contributed by atoms with Gasteiger partial charge in [0.1, 0.15) is 6.54 Å². The van der Waals surface area contributed by atoms with Crippen LogP contribution in [0.4, 0.5) is 10.5 Å². The van der Waals surface area contributed by atoms with E-state index in [1.54, 1.807) is 0 Å². The van der Waals surface area contributed by atoms with Gasteiger partial charge in [0.25, 0.3) is 0 Å². The molecular weight excluding hydrogens is 374 g/mol. The maximum Gasteiger partial charge on any atom is 0.329 e. The van der Waals surface area contributed by atoms with E-state index >= 15 is 0 Å². The van der Waals surface area contributed by atoms with Gasteiger partial charge in [-0.25, -0.2) is 4.79 Å². The number of anilines is 1. The highest BCUT2D eigenvalue weighted by Gasteiger charge is 2.28. The SMILES string of the molecule is O=C1CN(c2cccc(-c3ccc(CNC4Cc5ccccc5C4)cc3)c2)C(=O)N1. The first kappa shape index (κ1) is 18.6. The highest BCUT2D eigenvalue weighted by Crippen LogP contribution is 2.26. The third-order valence-corrected chi connectivity index (χ3v) is 5.88. The smallest absolute Gasteiger partial charge is 0.309 e. The molecule has 1 aliphatic carbocycles. The number of amides is 3. The lowest BCUT2D eigenvalue weighted by Crippen LogP contribution is -2.28. The van der Waals surface area contributed by atoms with Gasteiger partial charge in [-0.1, -0.05) is 60.7 Å². The average molecular weight is 397 g/mol. The second-order valence-corrected chi connectivity index (χ2v) is 7.94. The predicted molar refractivity (Wildman–Crippen MR) is 117 cm³/mol. The Morgan fingerprint density at radius 3 is 2.27 bits per heavy atom. The van der Waals surface area contributed by atoms with Gasteiger partial charge in [-0.05, 0) is 52.8 Å². The first-order chi connectivity index (χ1) is 14.7. The number of carbonyl (C=O) groups excluding carboxylic acids is 2. The molecule has 5 nitrogen and oxygen atoms in total. The number of hydrogen-bond donors (Lipinski definition) is 2. The van der Waals surface area contributed by atoms with Gasteiger partial charge >= 0.3 is 6.03 Å². The number of nitrogens with zero attached hydrogens (tertiary/aromatic N) is 1. The number of carbonyl (C=O) groups is 2. The molecule has 5 rings (SSSR count). The average Bonchev–Trinajstić information content (AvgIpc) is 3.34. The van der Waals surface area contributed by atoms with E-state index in [0.717, 1.165) is 36.2 Å². The van der Waals surface area contributed by atoms with Crippen LogP contribution in [0.5, 0.6) is 0 Å². The summed E-state index contributed by atoms with van der Waals surface area (Å²) < 4.78 is 0. The van der Waals surface area contributed by atoms with E-state index in [0.29, 0.717) is 6.04 Å². The molecule has 3 aromatic carbocycles. The molecule has 0 radical (unpaired) electrons. The fourth-order valence-corrected chi connectivity index (χ4v) is 4.28. The van der Waals surface area contributed by atoms with Gasteiger partial charge in [0.15, 0.2) is 0 Å². The number of hydrogen-bond acceptors (Lipinski definition) is 3. The molecule has 5 heteroatoms. The number of rotatable bonds is 5. The van der Waals surface area contributed by atoms with Crippen LogP contribution < -0.4 is 15.5 Å². The fourth-order valence-electron chi connectivity index (χ4n) is 4.28. The Hall–Kier alpha value is -3.44. The molecule has 2 aliphatic rings. The lowest BCUT2D eigenvalue weighted by atomic mass is 10.0. The molecule has 150 valence electrons. The Morgan fingerprint density at radius 2 is 1.60 bits per heavy atom. The molecule has 1 fully saturated rings. The van der Waals surface area contributed by atoms with Crippen molar-refractivity contribution in [2.45, 2.75) is 25.4 Å². The summed E-state index contributed by atoms with van der Waals surface area (Å²) in [5.74, 6) is -0.271. The third-order valence-electron chi connectivity index (χ3n) is 5.88. The largest absolute Gasteiger partial charge is 0.329 e. The lowest BCUT2D eigenvalue weighted by molar-refractivity contribution is -0.117. The van der Waals surface area contributed by atoms with Crippen molar-refractivity contribution in [2.75, 3.05) is 11.4 Å². The molecule has 0 atom stereocenters. The van der Waals surface area contributed by atoms with Gasteiger partial charge in [0.2, 0.25) is 5.91 Å². The maximum atomic E-state index is 11.9. The minimum absolute atomic E-state index is 0.0674. The molecule has 3 aromatic rings. The molecule has 0 spiro atoms. The van der Waals surface area contributed by atoms with Crippen molar-refractivity contribution in [3.05, 3.63) is 89.5 Å². The van der Waals surface area contributed by atoms with Crippen LogP contribution >= 0.6 is 0 Å². The summed E-state index contributed by atoms with van der Waals surface area (Å²) in [5.41, 5.74) is 6.99. The molecule has 1 saturated heterocycles. The summed E-state index contributed by atoms with van der Waals surface area (Å²) in [7, 11) is 0. The summed E-state index contributed by atoms with van der Waals surface area (Å²) in [6.45, 7) is 0.910. The molecule has 0 bridgehead atoms. The van der Waals surface area contributed by atoms with Crippen LogP contribution in [0.1, 0.15) is 16.7 Å². The van der Waals surface area contributed by atoms with Gasteiger partial charge < -0.3 is 5.32 Å². The zero-order chi connectivity index (χ0) is 20.5. The standard InChI is InChI=1S/C25H23N3O2/c29-24-16-28(25(30)27-24)23-7-3-6-21(14-23)18-10-8-17(9-11-18)15-26-22-12-19-4-1-2-5-20(19)13-22/h1-11,14,22,26H,12-13,15-16H2,(H,27,29,30). The molecule has 2 N–H and O–H groups in total. The van der Waals surface area contributed by atoms with E-state index < -0.39 is 0 Å². The molecule has 0 unspecified atom stereocenters. The normalized spacial score (nSPS) is 16.1. The van der Waals surface area contributed by atoms with Gasteiger partial charge in [-0.15, -0.1) is 0 Å². The van der Waals surface area contributed by atoms with Crippen molar-refractivity contribution in [1.82, 2.24) is 10.6 Å².